The van der Waals surface area contributed by atoms with E-state index in [0.717, 1.165) is 0 Å². The number of carboxylic acid groups (broad SMARTS) is 2. The van der Waals surface area contributed by atoms with E-state index in [9.17, 15) is 39.0 Å². The van der Waals surface area contributed by atoms with Crippen LogP contribution in [0.5, 0.6) is 0 Å². The molecule has 10 heteroatoms. The summed E-state index contributed by atoms with van der Waals surface area (Å²) in [4.78, 5) is 73.6. The molecule has 2 N–H and O–H groups in total. The highest BCUT2D eigenvalue weighted by Crippen LogP contribution is 2.49. The van der Waals surface area contributed by atoms with E-state index in [0.29, 0.717) is 6.42 Å². The molecule has 1 saturated carbocycles. The van der Waals surface area contributed by atoms with E-state index in [1.165, 1.54) is 48.5 Å². The van der Waals surface area contributed by atoms with Crippen LogP contribution in [0.4, 0.5) is 0 Å². The highest BCUT2D eigenvalue weighted by atomic mass is 16.6. The Morgan fingerprint density at radius 3 is 1.29 bits per heavy atom. The molecule has 2 aromatic rings. The molecule has 2 aliphatic rings. The summed E-state index contributed by atoms with van der Waals surface area (Å²) in [5.74, 6) is -10.4. The Hall–Kier alpha value is -4.60. The Labute approximate surface area is 197 Å². The lowest BCUT2D eigenvalue weighted by molar-refractivity contribution is -0.155. The van der Waals surface area contributed by atoms with Gasteiger partial charge in [-0.3, -0.25) is 9.59 Å². The van der Waals surface area contributed by atoms with E-state index in [-0.39, 0.29) is 22.3 Å². The molecular weight excluding hydrogens is 460 g/mol. The maximum absolute atomic E-state index is 12.9. The van der Waals surface area contributed by atoms with Crippen molar-refractivity contribution in [2.24, 2.45) is 23.7 Å². The smallest absolute Gasteiger partial charge is 0.346 e. The number of allylic oxidation sites excluding steroid dienone is 2. The van der Waals surface area contributed by atoms with Gasteiger partial charge in [-0.15, -0.1) is 0 Å². The van der Waals surface area contributed by atoms with Gasteiger partial charge in [0.2, 0.25) is 0 Å². The van der Waals surface area contributed by atoms with Crippen molar-refractivity contribution in [1.29, 1.82) is 0 Å². The lowest BCUT2D eigenvalue weighted by Gasteiger charge is -2.24. The molecule has 178 valence electrons. The molecule has 2 aromatic carbocycles. The van der Waals surface area contributed by atoms with Crippen LogP contribution in [0.25, 0.3) is 0 Å². The summed E-state index contributed by atoms with van der Waals surface area (Å²) in [5, 5.41) is 18.5. The van der Waals surface area contributed by atoms with E-state index in [2.05, 4.69) is 0 Å². The summed E-state index contributed by atoms with van der Waals surface area (Å²) >= 11 is 0. The average Bonchev–Trinajstić information content (AvgIpc) is 3.46. The van der Waals surface area contributed by atoms with Gasteiger partial charge in [-0.2, -0.15) is 0 Å². The Kier molecular flexibility index (Phi) is 6.28. The van der Waals surface area contributed by atoms with E-state index in [1.54, 1.807) is 12.2 Å². The zero-order chi connectivity index (χ0) is 25.3. The molecule has 1 fully saturated rings. The van der Waals surface area contributed by atoms with Crippen LogP contribution < -0.4 is 0 Å². The van der Waals surface area contributed by atoms with Gasteiger partial charge in [-0.25, -0.2) is 19.2 Å². The Morgan fingerprint density at radius 1 is 0.600 bits per heavy atom. The first-order valence-electron chi connectivity index (χ1n) is 10.5. The molecule has 4 unspecified atom stereocenters. The third-order valence-electron chi connectivity index (χ3n) is 6.14. The number of carbonyl (C=O) groups excluding carboxylic acids is 4. The zero-order valence-electron chi connectivity index (χ0n) is 18.0. The molecule has 0 spiro atoms. The summed E-state index contributed by atoms with van der Waals surface area (Å²) in [7, 11) is 0. The second-order valence-electron chi connectivity index (χ2n) is 8.12. The number of benzene rings is 2. The largest absolute Gasteiger partial charge is 0.478 e. The van der Waals surface area contributed by atoms with Gasteiger partial charge in [0.05, 0.1) is 34.1 Å². The lowest BCUT2D eigenvalue weighted by atomic mass is 9.83. The van der Waals surface area contributed by atoms with Crippen LogP contribution in [0.1, 0.15) is 47.9 Å². The molecule has 0 saturated heterocycles. The van der Waals surface area contributed by atoms with Gasteiger partial charge in [0, 0.05) is 0 Å². The zero-order valence-corrected chi connectivity index (χ0v) is 18.0. The monoisotopic (exact) mass is 478 g/mol. The first-order chi connectivity index (χ1) is 16.7. The number of hydrogen-bond acceptors (Lipinski definition) is 8. The molecule has 0 aliphatic heterocycles. The molecule has 10 nitrogen and oxygen atoms in total. The number of esters is 4. The molecule has 4 rings (SSSR count). The third-order valence-corrected chi connectivity index (χ3v) is 6.14. The molecule has 0 heterocycles. The maximum Gasteiger partial charge on any atom is 0.346 e. The molecule has 4 atom stereocenters. The minimum Gasteiger partial charge on any atom is -0.478 e. The van der Waals surface area contributed by atoms with Crippen molar-refractivity contribution in [1.82, 2.24) is 0 Å². The van der Waals surface area contributed by atoms with Gasteiger partial charge < -0.3 is 19.7 Å². The first kappa shape index (κ1) is 23.6. The normalized spacial score (nSPS) is 21.8. The highest BCUT2D eigenvalue weighted by molar-refractivity contribution is 6.07. The van der Waals surface area contributed by atoms with Crippen LogP contribution >= 0.6 is 0 Å². The van der Waals surface area contributed by atoms with Gasteiger partial charge in [-0.05, 0) is 42.5 Å². The van der Waals surface area contributed by atoms with Crippen molar-refractivity contribution in [3.63, 3.8) is 0 Å². The molecular formula is C25H18O10. The predicted molar refractivity (Wildman–Crippen MR) is 115 cm³/mol. The topological polar surface area (TPSA) is 161 Å². The van der Waals surface area contributed by atoms with Gasteiger partial charge in [-0.1, -0.05) is 36.4 Å². The van der Waals surface area contributed by atoms with E-state index < -0.39 is 59.5 Å². The quantitative estimate of drug-likeness (QED) is 0.359. The summed E-state index contributed by atoms with van der Waals surface area (Å²) in [6.07, 6.45) is 3.80. The highest BCUT2D eigenvalue weighted by Gasteiger charge is 2.54. The number of hydrogen-bond donors (Lipinski definition) is 2. The van der Waals surface area contributed by atoms with Crippen LogP contribution in [-0.4, -0.2) is 46.0 Å². The maximum atomic E-state index is 12.9. The number of fused-ring (bicyclic) bond motifs is 2. The van der Waals surface area contributed by atoms with Crippen molar-refractivity contribution < 1.29 is 48.5 Å². The van der Waals surface area contributed by atoms with Crippen molar-refractivity contribution in [3.05, 3.63) is 82.9 Å². The van der Waals surface area contributed by atoms with Gasteiger partial charge in [0.1, 0.15) is 0 Å². The Bertz CT molecular complexity index is 1190. The molecule has 0 amide bonds. The summed E-state index contributed by atoms with van der Waals surface area (Å²) in [5.41, 5.74) is -1.35. The minimum atomic E-state index is -1.38. The average molecular weight is 478 g/mol. The number of aromatic carboxylic acids is 2. The Balaban J connectivity index is 1.53. The number of carboxylic acids is 2. The van der Waals surface area contributed by atoms with Crippen LogP contribution in [0.2, 0.25) is 0 Å². The van der Waals surface area contributed by atoms with Crippen molar-refractivity contribution >= 4 is 35.8 Å². The second-order valence-corrected chi connectivity index (χ2v) is 8.12. The SMILES string of the molecule is O=C(O)c1ccccc1C(=O)OC(=O)C1C2C=CC(C2)C1C(=O)OC(=O)c1ccccc1C(=O)O. The number of carbonyl (C=O) groups is 6. The third kappa shape index (κ3) is 4.45. The van der Waals surface area contributed by atoms with Crippen molar-refractivity contribution in [3.8, 4) is 0 Å². The fourth-order valence-electron chi connectivity index (χ4n) is 4.59. The number of ether oxygens (including phenoxy) is 2. The first-order valence-corrected chi connectivity index (χ1v) is 10.5. The molecule has 0 aromatic heterocycles. The molecule has 35 heavy (non-hydrogen) atoms. The summed E-state index contributed by atoms with van der Waals surface area (Å²) < 4.78 is 9.88. The standard InChI is InChI=1S/C25H18O10/c26-20(27)14-5-1-3-7-16(14)22(30)34-24(32)18-12-9-10-13(11-12)19(18)25(33)35-23(31)17-8-4-2-6-15(17)21(28)29/h1-10,12-13,18-19H,11H2,(H,26,27)(H,28,29). The minimum absolute atomic E-state index is 0.327. The van der Waals surface area contributed by atoms with Gasteiger partial charge >= 0.3 is 35.8 Å². The van der Waals surface area contributed by atoms with Crippen molar-refractivity contribution in [2.75, 3.05) is 0 Å². The lowest BCUT2D eigenvalue weighted by Crippen LogP contribution is -2.37. The van der Waals surface area contributed by atoms with Gasteiger partial charge in [0.15, 0.2) is 0 Å². The van der Waals surface area contributed by atoms with Crippen LogP contribution in [-0.2, 0) is 19.1 Å². The van der Waals surface area contributed by atoms with E-state index in [4.69, 9.17) is 9.47 Å². The van der Waals surface area contributed by atoms with Gasteiger partial charge in [0.25, 0.3) is 0 Å². The van der Waals surface area contributed by atoms with Crippen molar-refractivity contribution in [2.45, 2.75) is 6.42 Å². The Morgan fingerprint density at radius 2 is 0.943 bits per heavy atom. The predicted octanol–water partition coefficient (Wildman–Crippen LogP) is 2.59. The fraction of sp³-hybridized carbons (Fsp3) is 0.200. The number of rotatable bonds is 6. The van der Waals surface area contributed by atoms with Crippen LogP contribution in [0, 0.1) is 23.7 Å². The van der Waals surface area contributed by atoms with Crippen LogP contribution in [0.3, 0.4) is 0 Å². The van der Waals surface area contributed by atoms with E-state index >= 15 is 0 Å². The van der Waals surface area contributed by atoms with Crippen LogP contribution in [0.15, 0.2) is 60.7 Å². The molecule has 2 bridgehead atoms. The molecule has 0 radical (unpaired) electrons. The fourth-order valence-corrected chi connectivity index (χ4v) is 4.59. The molecule has 2 aliphatic carbocycles. The second kappa shape index (κ2) is 9.34. The summed E-state index contributed by atoms with van der Waals surface area (Å²) in [6.45, 7) is 0. The van der Waals surface area contributed by atoms with E-state index in [1.807, 2.05) is 0 Å². The summed E-state index contributed by atoms with van der Waals surface area (Å²) in [6, 6.07) is 10.4.